The van der Waals surface area contributed by atoms with Crippen molar-refractivity contribution >= 4 is 26.6 Å². The number of fused-ring (bicyclic) bond motifs is 1. The smallest absolute Gasteiger partial charge is 0.348 e. The van der Waals surface area contributed by atoms with Crippen molar-refractivity contribution in [2.75, 3.05) is 5.75 Å². The van der Waals surface area contributed by atoms with Crippen LogP contribution in [0.4, 0.5) is 13.2 Å². The predicted octanol–water partition coefficient (Wildman–Crippen LogP) is 6.56. The molecule has 1 heterocycles. The predicted molar refractivity (Wildman–Crippen MR) is 142 cm³/mol. The zero-order chi connectivity index (χ0) is 27.7. The van der Waals surface area contributed by atoms with Crippen LogP contribution in [-0.2, 0) is 29.0 Å². The van der Waals surface area contributed by atoms with Crippen LogP contribution >= 0.6 is 0 Å². The minimum atomic E-state index is -4.44. The van der Waals surface area contributed by atoms with Crippen LogP contribution in [0, 0.1) is 0 Å². The van der Waals surface area contributed by atoms with E-state index in [1.807, 2.05) is 30.5 Å². The van der Waals surface area contributed by atoms with Gasteiger partial charge in [0.25, 0.3) is 5.91 Å². The first kappa shape index (κ1) is 27.4. The monoisotopic (exact) mass is 542 g/mol. The van der Waals surface area contributed by atoms with Crippen LogP contribution in [0.2, 0.25) is 0 Å². The van der Waals surface area contributed by atoms with E-state index in [2.05, 4.69) is 5.32 Å². The molecule has 200 valence electrons. The van der Waals surface area contributed by atoms with E-state index in [9.17, 15) is 26.4 Å². The summed E-state index contributed by atoms with van der Waals surface area (Å²) in [6.45, 7) is 5.74. The molecule has 4 aromatic rings. The van der Waals surface area contributed by atoms with Gasteiger partial charge in [-0.1, -0.05) is 37.3 Å². The van der Waals surface area contributed by atoms with Crippen LogP contribution in [0.15, 0.2) is 77.7 Å². The zero-order valence-corrected chi connectivity index (χ0v) is 22.2. The standard InChI is InChI=1S/C29H29F3N2O3S/c1-4-38(36,37)25-12-9-20(10-13-25)18-33-28(35)22-11-14-27-23(15-22)17-24(34(27)19(2)3)16-21-7-5-6-8-26(21)29(30,31)32/h5-15,17,19H,4,16,18H2,1-3H3,(H,33,35). The zero-order valence-electron chi connectivity index (χ0n) is 21.3. The molecular weight excluding hydrogens is 513 g/mol. The number of hydrogen-bond donors (Lipinski definition) is 1. The highest BCUT2D eigenvalue weighted by Crippen LogP contribution is 2.34. The molecule has 0 unspecified atom stereocenters. The average molecular weight is 543 g/mol. The molecule has 3 aromatic carbocycles. The van der Waals surface area contributed by atoms with Crippen molar-refractivity contribution in [2.45, 2.75) is 50.9 Å². The van der Waals surface area contributed by atoms with Gasteiger partial charge in [0.15, 0.2) is 9.84 Å². The van der Waals surface area contributed by atoms with Gasteiger partial charge in [0.05, 0.1) is 16.2 Å². The molecule has 1 N–H and O–H groups in total. The van der Waals surface area contributed by atoms with Crippen molar-refractivity contribution in [1.82, 2.24) is 9.88 Å². The van der Waals surface area contributed by atoms with Crippen molar-refractivity contribution in [3.8, 4) is 0 Å². The Morgan fingerprint density at radius 2 is 1.66 bits per heavy atom. The van der Waals surface area contributed by atoms with E-state index in [4.69, 9.17) is 0 Å². The van der Waals surface area contributed by atoms with E-state index < -0.39 is 21.6 Å². The second-order valence-electron chi connectivity index (χ2n) is 9.43. The summed E-state index contributed by atoms with van der Waals surface area (Å²) in [7, 11) is -3.29. The molecule has 38 heavy (non-hydrogen) atoms. The fourth-order valence-electron chi connectivity index (χ4n) is 4.59. The Balaban J connectivity index is 1.57. The fraction of sp³-hybridized carbons (Fsp3) is 0.276. The maximum atomic E-state index is 13.6. The number of sulfone groups is 1. The largest absolute Gasteiger partial charge is 0.416 e. The average Bonchev–Trinajstić information content (AvgIpc) is 3.24. The van der Waals surface area contributed by atoms with E-state index in [1.54, 1.807) is 37.3 Å². The van der Waals surface area contributed by atoms with Crippen LogP contribution < -0.4 is 5.32 Å². The molecular formula is C29H29F3N2O3S. The first-order valence-corrected chi connectivity index (χ1v) is 13.9. The van der Waals surface area contributed by atoms with Gasteiger partial charge in [-0.15, -0.1) is 0 Å². The summed E-state index contributed by atoms with van der Waals surface area (Å²) >= 11 is 0. The molecule has 0 saturated carbocycles. The Bertz CT molecular complexity index is 1570. The van der Waals surface area contributed by atoms with Gasteiger partial charge >= 0.3 is 6.18 Å². The number of carbonyl (C=O) groups is 1. The van der Waals surface area contributed by atoms with Gasteiger partial charge in [-0.2, -0.15) is 13.2 Å². The quantitative estimate of drug-likeness (QED) is 0.274. The fourth-order valence-corrected chi connectivity index (χ4v) is 5.48. The molecule has 0 atom stereocenters. The molecule has 1 amide bonds. The molecule has 0 spiro atoms. The van der Waals surface area contributed by atoms with Gasteiger partial charge in [-0.25, -0.2) is 8.42 Å². The summed E-state index contributed by atoms with van der Waals surface area (Å²) in [4.78, 5) is 13.1. The van der Waals surface area contributed by atoms with E-state index in [0.29, 0.717) is 5.56 Å². The molecule has 1 aromatic heterocycles. The maximum absolute atomic E-state index is 13.6. The lowest BCUT2D eigenvalue weighted by Crippen LogP contribution is -2.22. The number of nitrogens with one attached hydrogen (secondary N) is 1. The number of alkyl halides is 3. The number of nitrogens with zero attached hydrogens (tertiary/aromatic N) is 1. The third kappa shape index (κ3) is 5.78. The molecule has 0 aliphatic heterocycles. The number of amides is 1. The number of halogens is 3. The van der Waals surface area contributed by atoms with Gasteiger partial charge in [0, 0.05) is 41.2 Å². The third-order valence-corrected chi connectivity index (χ3v) is 8.26. The van der Waals surface area contributed by atoms with Crippen molar-refractivity contribution in [1.29, 1.82) is 0 Å². The number of benzene rings is 3. The Labute approximate surface area is 220 Å². The van der Waals surface area contributed by atoms with Crippen LogP contribution in [0.25, 0.3) is 10.9 Å². The van der Waals surface area contributed by atoms with E-state index in [-0.39, 0.29) is 41.1 Å². The Hall–Kier alpha value is -3.59. The van der Waals surface area contributed by atoms with Crippen LogP contribution in [0.3, 0.4) is 0 Å². The van der Waals surface area contributed by atoms with E-state index in [1.165, 1.54) is 24.3 Å². The Kier molecular flexibility index (Phi) is 7.69. The molecule has 5 nitrogen and oxygen atoms in total. The van der Waals surface area contributed by atoms with Crippen molar-refractivity contribution in [3.05, 3.63) is 101 Å². The summed E-state index contributed by atoms with van der Waals surface area (Å²) in [5, 5.41) is 3.60. The van der Waals surface area contributed by atoms with Crippen molar-refractivity contribution < 1.29 is 26.4 Å². The highest BCUT2D eigenvalue weighted by atomic mass is 32.2. The lowest BCUT2D eigenvalue weighted by atomic mass is 10.0. The van der Waals surface area contributed by atoms with Gasteiger partial charge in [-0.05, 0) is 67.4 Å². The second kappa shape index (κ2) is 10.6. The molecule has 9 heteroatoms. The summed E-state index contributed by atoms with van der Waals surface area (Å²) in [6.07, 6.45) is -4.34. The lowest BCUT2D eigenvalue weighted by Gasteiger charge is -2.17. The van der Waals surface area contributed by atoms with Crippen LogP contribution in [0.1, 0.15) is 59.6 Å². The lowest BCUT2D eigenvalue weighted by molar-refractivity contribution is -0.138. The summed E-state index contributed by atoms with van der Waals surface area (Å²) < 4.78 is 66.6. The normalized spacial score (nSPS) is 12.3. The summed E-state index contributed by atoms with van der Waals surface area (Å²) in [6, 6.07) is 19.0. The summed E-state index contributed by atoms with van der Waals surface area (Å²) in [5.41, 5.74) is 2.29. The van der Waals surface area contributed by atoms with E-state index in [0.717, 1.165) is 28.2 Å². The first-order chi connectivity index (χ1) is 17.9. The molecule has 0 aliphatic rings. The van der Waals surface area contributed by atoms with Gasteiger partial charge in [-0.3, -0.25) is 4.79 Å². The van der Waals surface area contributed by atoms with Gasteiger partial charge in [0.1, 0.15) is 0 Å². The number of carbonyl (C=O) groups excluding carboxylic acids is 1. The van der Waals surface area contributed by atoms with E-state index >= 15 is 0 Å². The van der Waals surface area contributed by atoms with Gasteiger partial charge in [0.2, 0.25) is 0 Å². The second-order valence-corrected chi connectivity index (χ2v) is 11.7. The molecule has 0 bridgehead atoms. The first-order valence-electron chi connectivity index (χ1n) is 12.3. The number of hydrogen-bond acceptors (Lipinski definition) is 3. The maximum Gasteiger partial charge on any atom is 0.416 e. The van der Waals surface area contributed by atoms with Crippen molar-refractivity contribution in [2.24, 2.45) is 0 Å². The molecule has 0 aliphatic carbocycles. The van der Waals surface area contributed by atoms with Gasteiger partial charge < -0.3 is 9.88 Å². The SMILES string of the molecule is CCS(=O)(=O)c1ccc(CNC(=O)c2ccc3c(c2)cc(Cc2ccccc2C(F)(F)F)n3C(C)C)cc1. The van der Waals surface area contributed by atoms with Crippen molar-refractivity contribution in [3.63, 3.8) is 0 Å². The highest BCUT2D eigenvalue weighted by Gasteiger charge is 2.33. The third-order valence-electron chi connectivity index (χ3n) is 6.51. The Morgan fingerprint density at radius 3 is 2.29 bits per heavy atom. The number of rotatable bonds is 8. The molecule has 0 fully saturated rings. The summed E-state index contributed by atoms with van der Waals surface area (Å²) in [5.74, 6) is -0.292. The number of aromatic nitrogens is 1. The molecule has 0 saturated heterocycles. The van der Waals surface area contributed by atoms with Crippen LogP contribution in [0.5, 0.6) is 0 Å². The van der Waals surface area contributed by atoms with Crippen LogP contribution in [-0.4, -0.2) is 24.6 Å². The highest BCUT2D eigenvalue weighted by molar-refractivity contribution is 7.91. The minimum Gasteiger partial charge on any atom is -0.348 e. The molecule has 0 radical (unpaired) electrons. The minimum absolute atomic E-state index is 0.000260. The molecule has 4 rings (SSSR count). The topological polar surface area (TPSA) is 68.2 Å². The Morgan fingerprint density at radius 1 is 0.974 bits per heavy atom.